The van der Waals surface area contributed by atoms with E-state index in [0.717, 1.165) is 32.5 Å². The van der Waals surface area contributed by atoms with Crippen molar-refractivity contribution in [3.63, 3.8) is 0 Å². The molecular formula is C9H16N2O2. The Morgan fingerprint density at radius 1 is 1.54 bits per heavy atom. The van der Waals surface area contributed by atoms with Crippen LogP contribution in [0.3, 0.4) is 0 Å². The van der Waals surface area contributed by atoms with Gasteiger partial charge in [0, 0.05) is 13.1 Å². The summed E-state index contributed by atoms with van der Waals surface area (Å²) in [6.45, 7) is 2.72. The number of rotatable bonds is 2. The van der Waals surface area contributed by atoms with Gasteiger partial charge in [0.2, 0.25) is 0 Å². The van der Waals surface area contributed by atoms with Crippen LogP contribution in [0.4, 0.5) is 0 Å². The van der Waals surface area contributed by atoms with Gasteiger partial charge >= 0.3 is 5.97 Å². The van der Waals surface area contributed by atoms with E-state index in [0.29, 0.717) is 0 Å². The topological polar surface area (TPSA) is 41.6 Å². The molecule has 2 aliphatic heterocycles. The third-order valence-electron chi connectivity index (χ3n) is 2.66. The third-order valence-corrected chi connectivity index (χ3v) is 2.66. The molecule has 74 valence electrons. The summed E-state index contributed by atoms with van der Waals surface area (Å²) in [5, 5.41) is 3.13. The molecule has 1 N–H and O–H groups in total. The van der Waals surface area contributed by atoms with Gasteiger partial charge in [0.1, 0.15) is 12.1 Å². The number of nitrogens with zero attached hydrogens (tertiary/aromatic N) is 1. The molecule has 0 saturated carbocycles. The van der Waals surface area contributed by atoms with Crippen LogP contribution in [0.2, 0.25) is 0 Å². The Kier molecular flexibility index (Phi) is 2.51. The van der Waals surface area contributed by atoms with E-state index in [1.807, 2.05) is 7.05 Å². The number of carbonyl (C=O) groups excluding carboxylic acids is 1. The first-order valence-corrected chi connectivity index (χ1v) is 4.88. The van der Waals surface area contributed by atoms with Crippen molar-refractivity contribution in [3.05, 3.63) is 0 Å². The van der Waals surface area contributed by atoms with E-state index >= 15 is 0 Å². The van der Waals surface area contributed by atoms with Crippen molar-refractivity contribution in [1.29, 1.82) is 0 Å². The minimum atomic E-state index is -0.0596. The van der Waals surface area contributed by atoms with Crippen molar-refractivity contribution in [2.75, 3.05) is 26.7 Å². The number of hydrogen-bond donors (Lipinski definition) is 1. The summed E-state index contributed by atoms with van der Waals surface area (Å²) in [6.07, 6.45) is 2.16. The predicted octanol–water partition coefficient (Wildman–Crippen LogP) is -0.404. The maximum Gasteiger partial charge on any atom is 0.323 e. The van der Waals surface area contributed by atoms with E-state index in [1.54, 1.807) is 0 Å². The van der Waals surface area contributed by atoms with E-state index in [9.17, 15) is 4.79 Å². The van der Waals surface area contributed by atoms with E-state index in [4.69, 9.17) is 4.74 Å². The van der Waals surface area contributed by atoms with Gasteiger partial charge in [-0.1, -0.05) is 0 Å². The zero-order chi connectivity index (χ0) is 9.26. The molecule has 0 spiro atoms. The second-order valence-corrected chi connectivity index (χ2v) is 3.93. The van der Waals surface area contributed by atoms with E-state index in [2.05, 4.69) is 10.2 Å². The normalized spacial score (nSPS) is 30.1. The predicted molar refractivity (Wildman–Crippen MR) is 48.4 cm³/mol. The molecule has 0 aliphatic carbocycles. The van der Waals surface area contributed by atoms with Gasteiger partial charge in [-0.15, -0.1) is 0 Å². The Bertz CT molecular complexity index is 196. The zero-order valence-corrected chi connectivity index (χ0v) is 7.95. The molecule has 0 aromatic rings. The highest BCUT2D eigenvalue weighted by molar-refractivity contribution is 5.76. The molecule has 2 fully saturated rings. The number of carbonyl (C=O) groups is 1. The summed E-state index contributed by atoms with van der Waals surface area (Å²) in [7, 11) is 2.03. The van der Waals surface area contributed by atoms with Crippen LogP contribution in [0.25, 0.3) is 0 Å². The smallest absolute Gasteiger partial charge is 0.323 e. The molecule has 2 rings (SSSR count). The number of nitrogens with one attached hydrogen (secondary N) is 1. The molecule has 13 heavy (non-hydrogen) atoms. The average molecular weight is 184 g/mol. The molecule has 0 amide bonds. The first-order valence-electron chi connectivity index (χ1n) is 4.88. The third kappa shape index (κ3) is 2.00. The monoisotopic (exact) mass is 184 g/mol. The van der Waals surface area contributed by atoms with Crippen LogP contribution in [-0.2, 0) is 9.53 Å². The van der Waals surface area contributed by atoms with Gasteiger partial charge in [-0.05, 0) is 26.4 Å². The Morgan fingerprint density at radius 3 is 2.85 bits per heavy atom. The molecule has 2 heterocycles. The van der Waals surface area contributed by atoms with Crippen LogP contribution in [0.5, 0.6) is 0 Å². The summed E-state index contributed by atoms with van der Waals surface area (Å²) in [6, 6.07) is -0.0362. The molecule has 0 aromatic carbocycles. The van der Waals surface area contributed by atoms with Crippen LogP contribution in [-0.4, -0.2) is 49.7 Å². The lowest BCUT2D eigenvalue weighted by atomic mass is 10.2. The molecule has 2 saturated heterocycles. The number of likely N-dealkylation sites (tertiary alicyclic amines) is 1. The number of esters is 1. The first kappa shape index (κ1) is 8.97. The van der Waals surface area contributed by atoms with E-state index < -0.39 is 0 Å². The van der Waals surface area contributed by atoms with Crippen LogP contribution in [0.15, 0.2) is 0 Å². The molecule has 1 atom stereocenters. The largest absolute Gasteiger partial charge is 0.458 e. The molecular weight excluding hydrogens is 168 g/mol. The molecule has 2 aliphatic rings. The summed E-state index contributed by atoms with van der Waals surface area (Å²) < 4.78 is 5.30. The van der Waals surface area contributed by atoms with Gasteiger partial charge < -0.3 is 10.1 Å². The van der Waals surface area contributed by atoms with Crippen LogP contribution < -0.4 is 5.32 Å². The van der Waals surface area contributed by atoms with Gasteiger partial charge in [0.05, 0.1) is 0 Å². The molecule has 0 unspecified atom stereocenters. The van der Waals surface area contributed by atoms with Crippen LogP contribution in [0.1, 0.15) is 12.8 Å². The Balaban J connectivity index is 1.72. The second kappa shape index (κ2) is 3.64. The van der Waals surface area contributed by atoms with Gasteiger partial charge in [0.15, 0.2) is 0 Å². The van der Waals surface area contributed by atoms with Crippen LogP contribution in [0, 0.1) is 0 Å². The fourth-order valence-corrected chi connectivity index (χ4v) is 1.85. The lowest BCUT2D eigenvalue weighted by Gasteiger charge is -2.35. The van der Waals surface area contributed by atoms with Crippen molar-refractivity contribution >= 4 is 5.97 Å². The quantitative estimate of drug-likeness (QED) is 0.593. The number of hydrogen-bond acceptors (Lipinski definition) is 4. The fourth-order valence-electron chi connectivity index (χ4n) is 1.85. The highest BCUT2D eigenvalue weighted by Crippen LogP contribution is 2.12. The molecule has 4 nitrogen and oxygen atoms in total. The van der Waals surface area contributed by atoms with Gasteiger partial charge in [0.25, 0.3) is 0 Å². The summed E-state index contributed by atoms with van der Waals surface area (Å²) >= 11 is 0. The van der Waals surface area contributed by atoms with E-state index in [1.165, 1.54) is 0 Å². The second-order valence-electron chi connectivity index (χ2n) is 3.93. The summed E-state index contributed by atoms with van der Waals surface area (Å²) in [4.78, 5) is 13.6. The van der Waals surface area contributed by atoms with Crippen molar-refractivity contribution in [1.82, 2.24) is 10.2 Å². The van der Waals surface area contributed by atoms with Crippen molar-refractivity contribution in [3.8, 4) is 0 Å². The molecule has 4 heteroatoms. The Morgan fingerprint density at radius 2 is 2.31 bits per heavy atom. The summed E-state index contributed by atoms with van der Waals surface area (Å²) in [5.41, 5.74) is 0. The maximum absolute atomic E-state index is 11.5. The zero-order valence-electron chi connectivity index (χ0n) is 7.95. The van der Waals surface area contributed by atoms with E-state index in [-0.39, 0.29) is 18.1 Å². The van der Waals surface area contributed by atoms with Crippen LogP contribution >= 0.6 is 0 Å². The SMILES string of the molecule is CN1CC(OC(=O)[C@@H]2CCCN2)C1. The lowest BCUT2D eigenvalue weighted by Crippen LogP contribution is -2.52. The van der Waals surface area contributed by atoms with Gasteiger partial charge in [-0.3, -0.25) is 9.69 Å². The van der Waals surface area contributed by atoms with Crippen molar-refractivity contribution in [2.24, 2.45) is 0 Å². The Hall–Kier alpha value is -0.610. The van der Waals surface area contributed by atoms with Gasteiger partial charge in [-0.25, -0.2) is 0 Å². The highest BCUT2D eigenvalue weighted by atomic mass is 16.5. The number of likely N-dealkylation sites (N-methyl/N-ethyl adjacent to an activating group) is 1. The highest BCUT2D eigenvalue weighted by Gasteiger charge is 2.30. The van der Waals surface area contributed by atoms with Crippen molar-refractivity contribution < 1.29 is 9.53 Å². The lowest BCUT2D eigenvalue weighted by molar-refractivity contribution is -0.158. The average Bonchev–Trinajstić information content (AvgIpc) is 2.53. The number of ether oxygens (including phenoxy) is 1. The van der Waals surface area contributed by atoms with Crippen molar-refractivity contribution in [2.45, 2.75) is 25.0 Å². The molecule has 0 aromatic heterocycles. The molecule has 0 bridgehead atoms. The standard InChI is InChI=1S/C9H16N2O2/c1-11-5-7(6-11)13-9(12)8-3-2-4-10-8/h7-8,10H,2-6H2,1H3/t8-/m0/s1. The minimum absolute atomic E-state index is 0.0362. The maximum atomic E-state index is 11.5. The molecule has 0 radical (unpaired) electrons. The minimum Gasteiger partial charge on any atom is -0.458 e. The fraction of sp³-hybridized carbons (Fsp3) is 0.889. The van der Waals surface area contributed by atoms with Gasteiger partial charge in [-0.2, -0.15) is 0 Å². The first-order chi connectivity index (χ1) is 6.25. The summed E-state index contributed by atoms with van der Waals surface area (Å²) in [5.74, 6) is -0.0596. The Labute approximate surface area is 78.2 Å².